The molecule has 7 nitrogen and oxygen atoms in total. The predicted octanol–water partition coefficient (Wildman–Crippen LogP) is 5.58. The van der Waals surface area contributed by atoms with Crippen molar-refractivity contribution in [2.75, 3.05) is 12.0 Å². The normalized spacial score (nSPS) is 13.0. The maximum Gasteiger partial charge on any atom is 0.433 e. The van der Waals surface area contributed by atoms with Crippen LogP contribution in [0.1, 0.15) is 32.7 Å². The van der Waals surface area contributed by atoms with Gasteiger partial charge < -0.3 is 9.47 Å². The molecule has 184 valence electrons. The van der Waals surface area contributed by atoms with E-state index < -0.39 is 17.8 Å². The van der Waals surface area contributed by atoms with Gasteiger partial charge in [-0.2, -0.15) is 13.2 Å². The fourth-order valence-corrected chi connectivity index (χ4v) is 4.35. The van der Waals surface area contributed by atoms with Gasteiger partial charge in [-0.1, -0.05) is 23.7 Å². The largest absolute Gasteiger partial charge is 0.480 e. The monoisotopic (exact) mass is 514 g/mol. The van der Waals surface area contributed by atoms with E-state index in [1.165, 1.54) is 18.2 Å². The molecule has 0 bridgehead atoms. The molecule has 0 atom stereocenters. The van der Waals surface area contributed by atoms with Crippen LogP contribution in [-0.4, -0.2) is 28.0 Å². The maximum atomic E-state index is 13.5. The Labute approximate surface area is 208 Å². The summed E-state index contributed by atoms with van der Waals surface area (Å²) < 4.78 is 49.7. The fourth-order valence-electron chi connectivity index (χ4n) is 4.09. The summed E-state index contributed by atoms with van der Waals surface area (Å²) in [6.45, 7) is 0.902. The van der Waals surface area contributed by atoms with E-state index in [1.54, 1.807) is 12.1 Å². The summed E-state index contributed by atoms with van der Waals surface area (Å²) in [6, 6.07) is 10.7. The molecule has 0 radical (unpaired) electrons. The summed E-state index contributed by atoms with van der Waals surface area (Å²) in [5.74, 6) is -0.390. The minimum Gasteiger partial charge on any atom is -0.480 e. The van der Waals surface area contributed by atoms with Gasteiger partial charge in [0.2, 0.25) is 5.88 Å². The lowest BCUT2D eigenvalue weighted by Gasteiger charge is -2.24. The zero-order chi connectivity index (χ0) is 25.4. The van der Waals surface area contributed by atoms with Crippen LogP contribution in [0.25, 0.3) is 10.9 Å². The van der Waals surface area contributed by atoms with E-state index >= 15 is 0 Å². The topological polar surface area (TPSA) is 77.4 Å². The Bertz CT molecular complexity index is 1460. The van der Waals surface area contributed by atoms with E-state index in [-0.39, 0.29) is 18.0 Å². The summed E-state index contributed by atoms with van der Waals surface area (Å²) in [7, 11) is 1.42. The Morgan fingerprint density at radius 2 is 1.94 bits per heavy atom. The van der Waals surface area contributed by atoms with Gasteiger partial charge in [-0.3, -0.25) is 14.7 Å². The molecule has 0 N–H and O–H groups in total. The van der Waals surface area contributed by atoms with Gasteiger partial charge in [-0.05, 0) is 41.5 Å². The molecular weight excluding hydrogens is 497 g/mol. The number of anilines is 1. The van der Waals surface area contributed by atoms with Crippen LogP contribution in [0.15, 0.2) is 54.9 Å². The third kappa shape index (κ3) is 4.45. The van der Waals surface area contributed by atoms with E-state index in [2.05, 4.69) is 15.0 Å². The molecule has 0 fully saturated rings. The van der Waals surface area contributed by atoms with Crippen LogP contribution < -0.4 is 9.64 Å². The van der Waals surface area contributed by atoms with Crippen molar-refractivity contribution in [2.45, 2.75) is 25.9 Å². The highest BCUT2D eigenvalue weighted by molar-refractivity contribution is 6.30. The first kappa shape index (κ1) is 24.0. The molecule has 1 aromatic carbocycles. The van der Waals surface area contributed by atoms with Gasteiger partial charge in [-0.15, -0.1) is 0 Å². The molecule has 0 saturated carbocycles. The van der Waals surface area contributed by atoms with Crippen molar-refractivity contribution in [3.63, 3.8) is 0 Å². The van der Waals surface area contributed by atoms with Crippen molar-refractivity contribution in [3.05, 3.63) is 88.0 Å². The predicted molar refractivity (Wildman–Crippen MR) is 126 cm³/mol. The highest BCUT2D eigenvalue weighted by atomic mass is 35.5. The van der Waals surface area contributed by atoms with E-state index in [0.717, 1.165) is 34.8 Å². The van der Waals surface area contributed by atoms with Crippen molar-refractivity contribution in [2.24, 2.45) is 0 Å². The number of halogens is 4. The van der Waals surface area contributed by atoms with Crippen LogP contribution >= 0.6 is 11.6 Å². The zero-order valence-electron chi connectivity index (χ0n) is 18.8. The van der Waals surface area contributed by atoms with E-state index in [1.807, 2.05) is 18.2 Å². The van der Waals surface area contributed by atoms with Crippen LogP contribution in [0.3, 0.4) is 0 Å². The van der Waals surface area contributed by atoms with E-state index in [0.29, 0.717) is 35.1 Å². The summed E-state index contributed by atoms with van der Waals surface area (Å²) in [5, 5.41) is 1.27. The van der Waals surface area contributed by atoms with Gasteiger partial charge in [0.05, 0.1) is 37.9 Å². The first-order valence-electron chi connectivity index (χ1n) is 10.8. The first-order valence-corrected chi connectivity index (χ1v) is 11.2. The van der Waals surface area contributed by atoms with Crippen molar-refractivity contribution < 1.29 is 27.4 Å². The number of hydrogen-bond acceptors (Lipinski definition) is 6. The third-order valence-electron chi connectivity index (χ3n) is 5.83. The van der Waals surface area contributed by atoms with Crippen LogP contribution in [0.5, 0.6) is 5.88 Å². The summed E-state index contributed by atoms with van der Waals surface area (Å²) >= 11 is 6.35. The first-order chi connectivity index (χ1) is 17.3. The Morgan fingerprint density at radius 1 is 1.14 bits per heavy atom. The molecule has 0 unspecified atom stereocenters. The van der Waals surface area contributed by atoms with Crippen LogP contribution in [0, 0.1) is 0 Å². The number of benzene rings is 1. The van der Waals surface area contributed by atoms with Crippen molar-refractivity contribution in [3.8, 4) is 5.88 Å². The van der Waals surface area contributed by atoms with Gasteiger partial charge in [0.25, 0.3) is 5.91 Å². The average molecular weight is 515 g/mol. The van der Waals surface area contributed by atoms with Crippen molar-refractivity contribution in [1.29, 1.82) is 0 Å². The minimum absolute atomic E-state index is 0.0224. The Hall–Kier alpha value is -3.76. The maximum absolute atomic E-state index is 13.5. The van der Waals surface area contributed by atoms with Crippen LogP contribution in [-0.2, 0) is 30.7 Å². The molecule has 4 heterocycles. The Kier molecular flexibility index (Phi) is 6.23. The van der Waals surface area contributed by atoms with Crippen LogP contribution in [0.4, 0.5) is 18.9 Å². The molecule has 0 spiro atoms. The number of fused-ring (bicyclic) bond motifs is 3. The lowest BCUT2D eigenvalue weighted by atomic mass is 10.0. The molecule has 36 heavy (non-hydrogen) atoms. The molecule has 11 heteroatoms. The van der Waals surface area contributed by atoms with Gasteiger partial charge >= 0.3 is 6.18 Å². The number of carbonyl (C=O) groups excluding carboxylic acids is 1. The molecule has 1 aliphatic heterocycles. The molecule has 3 aromatic heterocycles. The Balaban J connectivity index is 1.55. The number of pyridine rings is 3. The number of rotatable bonds is 5. The number of carbonyl (C=O) groups is 1. The quantitative estimate of drug-likeness (QED) is 0.323. The molecule has 5 rings (SSSR count). The number of nitrogens with zero attached hydrogens (tertiary/aromatic N) is 4. The second-order valence-corrected chi connectivity index (χ2v) is 8.42. The highest BCUT2D eigenvalue weighted by Gasteiger charge is 2.33. The van der Waals surface area contributed by atoms with Gasteiger partial charge in [0.1, 0.15) is 16.5 Å². The molecule has 1 aliphatic rings. The fraction of sp³-hybridized carbons (Fsp3) is 0.200. The second kappa shape index (κ2) is 9.36. The molecular formula is C25H18ClF3N4O3. The smallest absolute Gasteiger partial charge is 0.433 e. The average Bonchev–Trinajstić information content (AvgIpc) is 3.37. The van der Waals surface area contributed by atoms with Crippen molar-refractivity contribution in [1.82, 2.24) is 15.0 Å². The van der Waals surface area contributed by atoms with E-state index in [4.69, 9.17) is 21.1 Å². The van der Waals surface area contributed by atoms with Gasteiger partial charge in [-0.25, -0.2) is 9.97 Å². The number of ether oxygens (including phenoxy) is 2. The summed E-state index contributed by atoms with van der Waals surface area (Å²) in [6.07, 6.45) is -2.19. The Morgan fingerprint density at radius 3 is 2.67 bits per heavy atom. The SMILES string of the molecule is COc1ncccc1N(Cc1ccc2c3c(c(Cl)nc2c1)COC3)C(=O)c1ccc(C(F)(F)F)nc1. The standard InChI is InChI=1S/C25H18ClF3N4O3/c1-35-23-20(3-2-8-30-23)33(24(34)15-5-7-21(31-10-15)25(27,28)29)11-14-4-6-16-17-12-36-13-18(17)22(26)32-19(16)9-14/h2-10H,11-13H2,1H3. The van der Waals surface area contributed by atoms with Crippen LogP contribution in [0.2, 0.25) is 5.15 Å². The number of alkyl halides is 3. The molecule has 4 aromatic rings. The van der Waals surface area contributed by atoms with Gasteiger partial charge in [0.15, 0.2) is 0 Å². The lowest BCUT2D eigenvalue weighted by molar-refractivity contribution is -0.141. The zero-order valence-corrected chi connectivity index (χ0v) is 19.6. The number of aromatic nitrogens is 3. The van der Waals surface area contributed by atoms with E-state index in [9.17, 15) is 18.0 Å². The third-order valence-corrected chi connectivity index (χ3v) is 6.15. The number of hydrogen-bond donors (Lipinski definition) is 0. The number of amides is 1. The van der Waals surface area contributed by atoms with Crippen molar-refractivity contribution >= 4 is 34.1 Å². The summed E-state index contributed by atoms with van der Waals surface area (Å²) in [5.41, 5.74) is 2.44. The van der Waals surface area contributed by atoms with Gasteiger partial charge in [0, 0.05) is 23.3 Å². The second-order valence-electron chi connectivity index (χ2n) is 8.06. The molecule has 0 aliphatic carbocycles. The lowest BCUT2D eigenvalue weighted by Crippen LogP contribution is -2.31. The minimum atomic E-state index is -4.61. The number of methoxy groups -OCH3 is 1. The molecule has 1 amide bonds. The molecule has 0 saturated heterocycles. The summed E-state index contributed by atoms with van der Waals surface area (Å²) in [4.78, 5) is 27.0. The highest BCUT2D eigenvalue weighted by Crippen LogP contribution is 2.34.